The van der Waals surface area contributed by atoms with Gasteiger partial charge in [-0.15, -0.1) is 0 Å². The summed E-state index contributed by atoms with van der Waals surface area (Å²) in [5.41, 5.74) is 2.38. The van der Waals surface area contributed by atoms with Crippen molar-refractivity contribution in [1.29, 1.82) is 0 Å². The van der Waals surface area contributed by atoms with E-state index < -0.39 is 15.3 Å². The number of nitrogens with zero attached hydrogens (tertiary/aromatic N) is 2. The van der Waals surface area contributed by atoms with E-state index in [0.717, 1.165) is 17.0 Å². The fourth-order valence-corrected chi connectivity index (χ4v) is 3.06. The molecule has 7 heteroatoms. The lowest BCUT2D eigenvalue weighted by molar-refractivity contribution is 0.414. The molecule has 0 aliphatic heterocycles. The fourth-order valence-electron chi connectivity index (χ4n) is 2.36. The first-order chi connectivity index (χ1) is 10.8. The molecule has 0 aliphatic carbocycles. The third-order valence-electron chi connectivity index (χ3n) is 3.90. The van der Waals surface area contributed by atoms with E-state index in [1.807, 2.05) is 37.3 Å². The molecule has 0 aliphatic rings. The zero-order valence-electron chi connectivity index (χ0n) is 13.4. The molecule has 0 saturated carbocycles. The second-order valence-corrected chi connectivity index (χ2v) is 7.47. The lowest BCUT2D eigenvalue weighted by Crippen LogP contribution is -2.33. The summed E-state index contributed by atoms with van der Waals surface area (Å²) in [6, 6.07) is 11.1. The minimum Gasteiger partial charge on any atom is -0.497 e. The molecule has 0 bridgehead atoms. The fraction of sp³-hybridized carbons (Fsp3) is 0.375. The molecule has 1 aromatic carbocycles. The molecule has 1 heterocycles. The van der Waals surface area contributed by atoms with Crippen LogP contribution in [0.15, 0.2) is 36.4 Å². The second-order valence-electron chi connectivity index (χ2n) is 5.55. The van der Waals surface area contributed by atoms with E-state index in [1.54, 1.807) is 20.1 Å². The van der Waals surface area contributed by atoms with Crippen LogP contribution in [-0.4, -0.2) is 31.0 Å². The predicted molar refractivity (Wildman–Crippen MR) is 88.8 cm³/mol. The number of aromatic nitrogens is 2. The number of rotatable bonds is 6. The molecule has 0 radical (unpaired) electrons. The van der Waals surface area contributed by atoms with Gasteiger partial charge in [0.05, 0.1) is 23.7 Å². The SMILES string of the molecule is COc1ccc(CC(c2ccc(C)nn2)C(C)S(N)(=O)=O)cc1. The van der Waals surface area contributed by atoms with E-state index in [0.29, 0.717) is 12.1 Å². The average molecular weight is 335 g/mol. The smallest absolute Gasteiger partial charge is 0.212 e. The summed E-state index contributed by atoms with van der Waals surface area (Å²) in [7, 11) is -2.09. The quantitative estimate of drug-likeness (QED) is 0.868. The van der Waals surface area contributed by atoms with Crippen LogP contribution in [0.4, 0.5) is 0 Å². The minimum absolute atomic E-state index is 0.369. The van der Waals surface area contributed by atoms with Crippen LogP contribution in [0, 0.1) is 6.92 Å². The first-order valence-corrected chi connectivity index (χ1v) is 8.87. The predicted octanol–water partition coefficient (Wildman–Crippen LogP) is 1.80. The van der Waals surface area contributed by atoms with Crippen LogP contribution in [0.3, 0.4) is 0 Å². The van der Waals surface area contributed by atoms with Crippen LogP contribution in [-0.2, 0) is 16.4 Å². The summed E-state index contributed by atoms with van der Waals surface area (Å²) in [6.45, 7) is 3.43. The molecule has 2 atom stereocenters. The van der Waals surface area contributed by atoms with Gasteiger partial charge >= 0.3 is 0 Å². The summed E-state index contributed by atoms with van der Waals surface area (Å²) >= 11 is 0. The Hall–Kier alpha value is -1.99. The molecule has 2 unspecified atom stereocenters. The number of sulfonamides is 1. The number of hydrogen-bond acceptors (Lipinski definition) is 5. The maximum Gasteiger partial charge on any atom is 0.212 e. The van der Waals surface area contributed by atoms with Crippen molar-refractivity contribution in [2.45, 2.75) is 31.4 Å². The number of ether oxygens (including phenoxy) is 1. The summed E-state index contributed by atoms with van der Waals surface area (Å²) in [5, 5.41) is 12.8. The molecule has 0 saturated heterocycles. The molecule has 23 heavy (non-hydrogen) atoms. The van der Waals surface area contributed by atoms with Gasteiger partial charge in [0.25, 0.3) is 0 Å². The van der Waals surface area contributed by atoms with Crippen molar-refractivity contribution in [1.82, 2.24) is 10.2 Å². The third kappa shape index (κ3) is 4.49. The van der Waals surface area contributed by atoms with Crippen molar-refractivity contribution in [2.24, 2.45) is 5.14 Å². The van der Waals surface area contributed by atoms with E-state index in [2.05, 4.69) is 10.2 Å². The van der Waals surface area contributed by atoms with Gasteiger partial charge in [-0.2, -0.15) is 10.2 Å². The van der Waals surface area contributed by atoms with Crippen LogP contribution in [0.2, 0.25) is 0 Å². The molecule has 0 amide bonds. The number of hydrogen-bond donors (Lipinski definition) is 1. The van der Waals surface area contributed by atoms with Crippen molar-refractivity contribution < 1.29 is 13.2 Å². The molecule has 0 fully saturated rings. The second kappa shape index (κ2) is 7.06. The zero-order chi connectivity index (χ0) is 17.0. The van der Waals surface area contributed by atoms with Crippen molar-refractivity contribution in [3.05, 3.63) is 53.3 Å². The van der Waals surface area contributed by atoms with Gasteiger partial charge in [-0.25, -0.2) is 13.6 Å². The Kier molecular flexibility index (Phi) is 5.33. The highest BCUT2D eigenvalue weighted by Gasteiger charge is 2.29. The zero-order valence-corrected chi connectivity index (χ0v) is 14.2. The number of methoxy groups -OCH3 is 1. The molecule has 2 aromatic rings. The van der Waals surface area contributed by atoms with Crippen LogP contribution in [0.25, 0.3) is 0 Å². The molecule has 2 rings (SSSR count). The van der Waals surface area contributed by atoms with Gasteiger partial charge in [-0.1, -0.05) is 12.1 Å². The summed E-state index contributed by atoms with van der Waals surface area (Å²) in [5.74, 6) is 0.381. The van der Waals surface area contributed by atoms with Gasteiger partial charge in [-0.3, -0.25) is 0 Å². The van der Waals surface area contributed by atoms with Crippen LogP contribution >= 0.6 is 0 Å². The Balaban J connectivity index is 2.34. The van der Waals surface area contributed by atoms with Crippen LogP contribution in [0.1, 0.15) is 29.8 Å². The summed E-state index contributed by atoms with van der Waals surface area (Å²) in [4.78, 5) is 0. The van der Waals surface area contributed by atoms with E-state index in [4.69, 9.17) is 9.88 Å². The number of nitrogens with two attached hydrogens (primary N) is 1. The van der Waals surface area contributed by atoms with Gasteiger partial charge in [0.2, 0.25) is 10.0 Å². The molecular formula is C16H21N3O3S. The largest absolute Gasteiger partial charge is 0.497 e. The minimum atomic E-state index is -3.69. The molecular weight excluding hydrogens is 314 g/mol. The summed E-state index contributed by atoms with van der Waals surface area (Å²) in [6.07, 6.45) is 0.499. The van der Waals surface area contributed by atoms with Gasteiger partial charge in [0.1, 0.15) is 5.75 Å². The Labute approximate surface area is 136 Å². The Morgan fingerprint density at radius 1 is 1.13 bits per heavy atom. The first kappa shape index (κ1) is 17.4. The van der Waals surface area contributed by atoms with Crippen molar-refractivity contribution in [2.75, 3.05) is 7.11 Å². The maximum atomic E-state index is 11.8. The third-order valence-corrected chi connectivity index (χ3v) is 5.26. The first-order valence-electron chi connectivity index (χ1n) is 7.26. The van der Waals surface area contributed by atoms with Gasteiger partial charge in [0, 0.05) is 5.92 Å². The van der Waals surface area contributed by atoms with Gasteiger partial charge in [0.15, 0.2) is 0 Å². The highest BCUT2D eigenvalue weighted by atomic mass is 32.2. The Bertz CT molecular complexity index is 743. The lowest BCUT2D eigenvalue weighted by atomic mass is 9.93. The van der Waals surface area contributed by atoms with Gasteiger partial charge in [-0.05, 0) is 50.1 Å². The monoisotopic (exact) mass is 335 g/mol. The molecule has 6 nitrogen and oxygen atoms in total. The number of primary sulfonamides is 1. The highest BCUT2D eigenvalue weighted by Crippen LogP contribution is 2.27. The Morgan fingerprint density at radius 3 is 2.26 bits per heavy atom. The number of aryl methyl sites for hydroxylation is 1. The van der Waals surface area contributed by atoms with Crippen molar-refractivity contribution in [3.8, 4) is 5.75 Å². The number of benzene rings is 1. The van der Waals surface area contributed by atoms with E-state index in [-0.39, 0.29) is 5.92 Å². The highest BCUT2D eigenvalue weighted by molar-refractivity contribution is 7.89. The normalized spacial score (nSPS) is 14.3. The van der Waals surface area contributed by atoms with Crippen LogP contribution < -0.4 is 9.88 Å². The Morgan fingerprint density at radius 2 is 1.78 bits per heavy atom. The maximum absolute atomic E-state index is 11.8. The molecule has 124 valence electrons. The molecule has 0 spiro atoms. The lowest BCUT2D eigenvalue weighted by Gasteiger charge is -2.22. The van der Waals surface area contributed by atoms with Crippen LogP contribution in [0.5, 0.6) is 5.75 Å². The summed E-state index contributed by atoms with van der Waals surface area (Å²) < 4.78 is 28.8. The molecule has 2 N–H and O–H groups in total. The topological polar surface area (TPSA) is 95.2 Å². The standard InChI is InChI=1S/C16H21N3O3S/c1-11-4-9-16(19-18-11)15(12(2)23(17,20)21)10-13-5-7-14(22-3)8-6-13/h4-9,12,15H,10H2,1-3H3,(H2,17,20,21). The van der Waals surface area contributed by atoms with Crippen molar-refractivity contribution in [3.63, 3.8) is 0 Å². The van der Waals surface area contributed by atoms with Crippen molar-refractivity contribution >= 4 is 10.0 Å². The van der Waals surface area contributed by atoms with Gasteiger partial charge < -0.3 is 4.74 Å². The van der Waals surface area contributed by atoms with E-state index in [9.17, 15) is 8.42 Å². The van der Waals surface area contributed by atoms with E-state index in [1.165, 1.54) is 0 Å². The van der Waals surface area contributed by atoms with E-state index >= 15 is 0 Å². The average Bonchev–Trinajstić information content (AvgIpc) is 2.52. The molecule has 1 aromatic heterocycles.